The number of carbonyl (C=O) groups excluding carboxylic acids is 1. The maximum atomic E-state index is 11.9. The molecular weight excluding hydrogens is 242 g/mol. The first-order chi connectivity index (χ1) is 8.00. The summed E-state index contributed by atoms with van der Waals surface area (Å²) in [5.41, 5.74) is -0.523. The highest BCUT2D eigenvalue weighted by Gasteiger charge is 2.43. The van der Waals surface area contributed by atoms with E-state index < -0.39 is 11.6 Å². The smallest absolute Gasteiger partial charge is 0.329 e. The molecule has 0 saturated carbocycles. The Kier molecular flexibility index (Phi) is 3.17. The molecule has 1 N–H and O–H groups in total. The molecule has 1 amide bonds. The van der Waals surface area contributed by atoms with Crippen molar-refractivity contribution in [2.45, 2.75) is 12.5 Å². The van der Waals surface area contributed by atoms with Crippen molar-refractivity contribution in [2.75, 3.05) is 19.7 Å². The molecule has 0 spiro atoms. The number of amides is 1. The summed E-state index contributed by atoms with van der Waals surface area (Å²) in [6, 6.07) is 3.61. The van der Waals surface area contributed by atoms with Gasteiger partial charge in [0.1, 0.15) is 12.2 Å². The van der Waals surface area contributed by atoms with Crippen molar-refractivity contribution >= 4 is 23.2 Å². The number of ether oxygens (including phenoxy) is 1. The van der Waals surface area contributed by atoms with E-state index in [4.69, 9.17) is 9.84 Å². The van der Waals surface area contributed by atoms with Crippen LogP contribution in [0.1, 0.15) is 16.6 Å². The Morgan fingerprint density at radius 2 is 2.29 bits per heavy atom. The molecule has 1 saturated heterocycles. The van der Waals surface area contributed by atoms with Gasteiger partial charge in [-0.1, -0.05) is 6.07 Å². The Labute approximate surface area is 103 Å². The molecule has 1 aliphatic rings. The fourth-order valence-electron chi connectivity index (χ4n) is 1.79. The van der Waals surface area contributed by atoms with E-state index in [1.54, 1.807) is 11.0 Å². The predicted molar refractivity (Wildman–Crippen MR) is 62.2 cm³/mol. The lowest BCUT2D eigenvalue weighted by molar-refractivity contribution is -0.159. The Morgan fingerprint density at radius 3 is 2.82 bits per heavy atom. The monoisotopic (exact) mass is 255 g/mol. The SMILES string of the molecule is CC1(OCC(=O)O)CN(C(=O)c2cccs2)C1. The second kappa shape index (κ2) is 4.46. The van der Waals surface area contributed by atoms with E-state index in [1.165, 1.54) is 11.3 Å². The Hall–Kier alpha value is -1.40. The number of thiophene rings is 1. The van der Waals surface area contributed by atoms with Gasteiger partial charge in [0.2, 0.25) is 0 Å². The quantitative estimate of drug-likeness (QED) is 0.873. The van der Waals surface area contributed by atoms with Crippen LogP contribution in [-0.2, 0) is 9.53 Å². The zero-order chi connectivity index (χ0) is 12.5. The lowest BCUT2D eigenvalue weighted by atomic mass is 9.96. The zero-order valence-electron chi connectivity index (χ0n) is 9.38. The molecule has 1 fully saturated rings. The minimum Gasteiger partial charge on any atom is -0.480 e. The molecule has 2 rings (SSSR count). The van der Waals surface area contributed by atoms with Gasteiger partial charge in [-0.05, 0) is 18.4 Å². The maximum absolute atomic E-state index is 11.9. The van der Waals surface area contributed by atoms with Crippen LogP contribution in [0.4, 0.5) is 0 Å². The molecule has 0 aromatic carbocycles. The first-order valence-corrected chi connectivity index (χ1v) is 6.07. The summed E-state index contributed by atoms with van der Waals surface area (Å²) in [6.07, 6.45) is 0. The Morgan fingerprint density at radius 1 is 1.59 bits per heavy atom. The fourth-order valence-corrected chi connectivity index (χ4v) is 2.48. The fraction of sp³-hybridized carbons (Fsp3) is 0.455. The van der Waals surface area contributed by atoms with E-state index in [0.29, 0.717) is 18.0 Å². The summed E-state index contributed by atoms with van der Waals surface area (Å²) in [7, 11) is 0. The van der Waals surface area contributed by atoms with Gasteiger partial charge in [0.05, 0.1) is 18.0 Å². The minimum atomic E-state index is -0.991. The van der Waals surface area contributed by atoms with Crippen LogP contribution in [0.25, 0.3) is 0 Å². The number of carbonyl (C=O) groups is 2. The van der Waals surface area contributed by atoms with Crippen molar-refractivity contribution in [1.82, 2.24) is 4.90 Å². The molecule has 1 aromatic heterocycles. The molecule has 0 bridgehead atoms. The van der Waals surface area contributed by atoms with Gasteiger partial charge in [-0.3, -0.25) is 4.79 Å². The lowest BCUT2D eigenvalue weighted by Gasteiger charge is -2.47. The van der Waals surface area contributed by atoms with Crippen molar-refractivity contribution < 1.29 is 19.4 Å². The van der Waals surface area contributed by atoms with Gasteiger partial charge in [-0.15, -0.1) is 11.3 Å². The summed E-state index contributed by atoms with van der Waals surface area (Å²) in [4.78, 5) is 24.6. The third-order valence-electron chi connectivity index (χ3n) is 2.61. The number of likely N-dealkylation sites (tertiary alicyclic amines) is 1. The van der Waals surface area contributed by atoms with Crippen LogP contribution in [-0.4, -0.2) is 47.2 Å². The molecule has 92 valence electrons. The Balaban J connectivity index is 1.86. The first-order valence-electron chi connectivity index (χ1n) is 5.19. The van der Waals surface area contributed by atoms with Crippen LogP contribution in [0.15, 0.2) is 17.5 Å². The molecule has 17 heavy (non-hydrogen) atoms. The van der Waals surface area contributed by atoms with Crippen LogP contribution in [0.5, 0.6) is 0 Å². The van der Waals surface area contributed by atoms with Gasteiger partial charge in [-0.2, -0.15) is 0 Å². The highest BCUT2D eigenvalue weighted by Crippen LogP contribution is 2.27. The number of hydrogen-bond acceptors (Lipinski definition) is 4. The van der Waals surface area contributed by atoms with Crippen LogP contribution in [0, 0.1) is 0 Å². The van der Waals surface area contributed by atoms with Crippen LogP contribution in [0.3, 0.4) is 0 Å². The number of hydrogen-bond donors (Lipinski definition) is 1. The van der Waals surface area contributed by atoms with Gasteiger partial charge in [-0.25, -0.2) is 4.79 Å². The lowest BCUT2D eigenvalue weighted by Crippen LogP contribution is -2.63. The van der Waals surface area contributed by atoms with E-state index >= 15 is 0 Å². The van der Waals surface area contributed by atoms with Gasteiger partial charge in [0.15, 0.2) is 0 Å². The van der Waals surface area contributed by atoms with E-state index in [9.17, 15) is 9.59 Å². The number of carboxylic acid groups (broad SMARTS) is 1. The molecule has 1 aromatic rings. The zero-order valence-corrected chi connectivity index (χ0v) is 10.2. The molecule has 0 aliphatic carbocycles. The first kappa shape index (κ1) is 12.1. The van der Waals surface area contributed by atoms with E-state index in [0.717, 1.165) is 0 Å². The number of carboxylic acids is 1. The Bertz CT molecular complexity index is 423. The average Bonchev–Trinajstić information content (AvgIpc) is 2.74. The summed E-state index contributed by atoms with van der Waals surface area (Å²) >= 11 is 1.40. The molecule has 0 atom stereocenters. The van der Waals surface area contributed by atoms with Gasteiger partial charge >= 0.3 is 5.97 Å². The van der Waals surface area contributed by atoms with E-state index in [1.807, 2.05) is 18.4 Å². The van der Waals surface area contributed by atoms with Gasteiger partial charge in [0, 0.05) is 0 Å². The predicted octanol–water partition coefficient (Wildman–Crippen LogP) is 1.06. The van der Waals surface area contributed by atoms with Gasteiger partial charge < -0.3 is 14.7 Å². The van der Waals surface area contributed by atoms with E-state index in [2.05, 4.69) is 0 Å². The van der Waals surface area contributed by atoms with Crippen LogP contribution in [0.2, 0.25) is 0 Å². The summed E-state index contributed by atoms with van der Waals surface area (Å²) in [6.45, 7) is 2.37. The van der Waals surface area contributed by atoms with Crippen molar-refractivity contribution in [3.8, 4) is 0 Å². The molecule has 1 aliphatic heterocycles. The van der Waals surface area contributed by atoms with Crippen molar-refractivity contribution in [3.63, 3.8) is 0 Å². The number of rotatable bonds is 4. The number of nitrogens with zero attached hydrogens (tertiary/aromatic N) is 1. The highest BCUT2D eigenvalue weighted by atomic mass is 32.1. The minimum absolute atomic E-state index is 0.0172. The molecular formula is C11H13NO4S. The summed E-state index contributed by atoms with van der Waals surface area (Å²) in [5, 5.41) is 10.4. The van der Waals surface area contributed by atoms with Crippen molar-refractivity contribution in [3.05, 3.63) is 22.4 Å². The average molecular weight is 255 g/mol. The number of aliphatic carboxylic acids is 1. The second-order valence-corrected chi connectivity index (χ2v) is 5.22. The molecule has 0 radical (unpaired) electrons. The highest BCUT2D eigenvalue weighted by molar-refractivity contribution is 7.12. The normalized spacial score (nSPS) is 17.6. The standard InChI is InChI=1S/C11H13NO4S/c1-11(16-5-9(13)14)6-12(7-11)10(15)8-3-2-4-17-8/h2-4H,5-7H2,1H3,(H,13,14). The third-order valence-corrected chi connectivity index (χ3v) is 3.47. The summed E-state index contributed by atoms with van der Waals surface area (Å²) in [5.74, 6) is -1.01. The maximum Gasteiger partial charge on any atom is 0.329 e. The summed E-state index contributed by atoms with van der Waals surface area (Å²) < 4.78 is 5.23. The third kappa shape index (κ3) is 2.65. The molecule has 5 nitrogen and oxygen atoms in total. The topological polar surface area (TPSA) is 66.8 Å². The molecule has 0 unspecified atom stereocenters. The van der Waals surface area contributed by atoms with Crippen molar-refractivity contribution in [1.29, 1.82) is 0 Å². The molecule has 6 heteroatoms. The second-order valence-electron chi connectivity index (χ2n) is 4.27. The largest absolute Gasteiger partial charge is 0.480 e. The van der Waals surface area contributed by atoms with Gasteiger partial charge in [0.25, 0.3) is 5.91 Å². The van der Waals surface area contributed by atoms with Crippen LogP contribution < -0.4 is 0 Å². The van der Waals surface area contributed by atoms with E-state index in [-0.39, 0.29) is 12.5 Å². The van der Waals surface area contributed by atoms with Crippen LogP contribution >= 0.6 is 11.3 Å². The van der Waals surface area contributed by atoms with Crippen molar-refractivity contribution in [2.24, 2.45) is 0 Å². The molecule has 2 heterocycles.